The zero-order valence-corrected chi connectivity index (χ0v) is 14.2. The van der Waals surface area contributed by atoms with Gasteiger partial charge in [0.1, 0.15) is 0 Å². The van der Waals surface area contributed by atoms with Gasteiger partial charge in [-0.1, -0.05) is 37.9 Å². The second-order valence-electron chi connectivity index (χ2n) is 3.58. The average molecular weight is 441 g/mol. The van der Waals surface area contributed by atoms with Crippen LogP contribution in [0.5, 0.6) is 0 Å². The maximum Gasteiger partial charge on any atom is 0.0849 e. The van der Waals surface area contributed by atoms with Crippen LogP contribution >= 0.6 is 59.1 Å². The Morgan fingerprint density at radius 1 is 1.12 bits per heavy atom. The number of aliphatic hydroxyl groups is 1. The lowest BCUT2D eigenvalue weighted by atomic mass is 10.1. The number of hydrogen-bond donors (Lipinski definition) is 1. The fourth-order valence-electron chi connectivity index (χ4n) is 1.53. The number of benzene rings is 1. The van der Waals surface area contributed by atoms with Crippen molar-refractivity contribution in [3.63, 3.8) is 0 Å². The highest BCUT2D eigenvalue weighted by atomic mass is 79.9. The van der Waals surface area contributed by atoms with Gasteiger partial charge in [-0.05, 0) is 45.1 Å². The first-order valence-electron chi connectivity index (χ1n) is 4.93. The Kier molecular flexibility index (Phi) is 4.83. The summed E-state index contributed by atoms with van der Waals surface area (Å²) in [4.78, 5) is 1.16. The van der Waals surface area contributed by atoms with E-state index in [4.69, 9.17) is 0 Å². The molecule has 2 rings (SSSR count). The SMILES string of the molecule is OC(Cc1sccc1Br)c1ccc(Br)cc1Br. The fourth-order valence-corrected chi connectivity index (χ4v) is 4.39. The largest absolute Gasteiger partial charge is 0.388 e. The standard InChI is InChI=1S/C12H9Br3OS/c13-7-1-2-8(10(15)5-7)11(16)6-12-9(14)3-4-17-12/h1-5,11,16H,6H2. The molecule has 2 aromatic rings. The highest BCUT2D eigenvalue weighted by Gasteiger charge is 2.14. The van der Waals surface area contributed by atoms with E-state index in [1.807, 2.05) is 29.6 Å². The molecule has 0 saturated heterocycles. The van der Waals surface area contributed by atoms with Crippen LogP contribution in [0, 0.1) is 0 Å². The summed E-state index contributed by atoms with van der Waals surface area (Å²) in [6, 6.07) is 7.82. The van der Waals surface area contributed by atoms with Gasteiger partial charge in [0.15, 0.2) is 0 Å². The predicted octanol–water partition coefficient (Wildman–Crippen LogP) is 5.31. The molecule has 0 fully saturated rings. The van der Waals surface area contributed by atoms with Gasteiger partial charge in [-0.3, -0.25) is 0 Å². The van der Waals surface area contributed by atoms with Crippen LogP contribution < -0.4 is 0 Å². The first-order valence-corrected chi connectivity index (χ1v) is 8.18. The molecule has 0 amide bonds. The van der Waals surface area contributed by atoms with Crippen LogP contribution in [0.1, 0.15) is 16.5 Å². The first-order chi connectivity index (χ1) is 8.08. The van der Waals surface area contributed by atoms with Gasteiger partial charge in [0.2, 0.25) is 0 Å². The first kappa shape index (κ1) is 13.7. The van der Waals surface area contributed by atoms with Gasteiger partial charge < -0.3 is 5.11 Å². The summed E-state index contributed by atoms with van der Waals surface area (Å²) in [6.07, 6.45) is 0.130. The zero-order valence-electron chi connectivity index (χ0n) is 8.66. The van der Waals surface area contributed by atoms with Gasteiger partial charge >= 0.3 is 0 Å². The minimum atomic E-state index is -0.493. The van der Waals surface area contributed by atoms with Crippen molar-refractivity contribution < 1.29 is 5.11 Å². The van der Waals surface area contributed by atoms with Gasteiger partial charge in [-0.15, -0.1) is 11.3 Å². The molecular weight excluding hydrogens is 432 g/mol. The van der Waals surface area contributed by atoms with E-state index in [9.17, 15) is 5.11 Å². The summed E-state index contributed by atoms with van der Waals surface area (Å²) in [6.45, 7) is 0. The molecule has 1 N–H and O–H groups in total. The third kappa shape index (κ3) is 3.41. The number of rotatable bonds is 3. The molecule has 0 bridgehead atoms. The molecule has 1 aromatic carbocycles. The normalized spacial score (nSPS) is 12.7. The molecule has 0 spiro atoms. The van der Waals surface area contributed by atoms with Crippen LogP contribution in [-0.4, -0.2) is 5.11 Å². The highest BCUT2D eigenvalue weighted by Crippen LogP contribution is 2.32. The van der Waals surface area contributed by atoms with Crippen LogP contribution in [-0.2, 0) is 6.42 Å². The summed E-state index contributed by atoms with van der Waals surface area (Å²) in [5.74, 6) is 0. The Bertz CT molecular complexity index is 524. The van der Waals surface area contributed by atoms with Crippen LogP contribution in [0.3, 0.4) is 0 Å². The third-order valence-corrected chi connectivity index (χ3v) is 5.52. The van der Waals surface area contributed by atoms with Crippen LogP contribution in [0.15, 0.2) is 43.1 Å². The van der Waals surface area contributed by atoms with E-state index in [1.54, 1.807) is 11.3 Å². The van der Waals surface area contributed by atoms with Crippen molar-refractivity contribution in [3.05, 3.63) is 53.5 Å². The Labute approximate surface area is 129 Å². The molecule has 17 heavy (non-hydrogen) atoms. The van der Waals surface area contributed by atoms with Gasteiger partial charge in [0, 0.05) is 24.7 Å². The molecule has 1 aromatic heterocycles. The third-order valence-electron chi connectivity index (χ3n) is 2.39. The van der Waals surface area contributed by atoms with Crippen molar-refractivity contribution in [2.45, 2.75) is 12.5 Å². The summed E-state index contributed by atoms with van der Waals surface area (Å²) in [5, 5.41) is 12.2. The second-order valence-corrected chi connectivity index (χ2v) is 7.20. The number of aliphatic hydroxyl groups excluding tert-OH is 1. The Hall–Kier alpha value is 0.320. The smallest absolute Gasteiger partial charge is 0.0849 e. The Morgan fingerprint density at radius 2 is 1.88 bits per heavy atom. The molecule has 0 aliphatic rings. The van der Waals surface area contributed by atoms with Gasteiger partial charge in [0.25, 0.3) is 0 Å². The molecule has 90 valence electrons. The molecule has 1 unspecified atom stereocenters. The van der Waals surface area contributed by atoms with E-state index in [2.05, 4.69) is 47.8 Å². The van der Waals surface area contributed by atoms with E-state index in [0.29, 0.717) is 6.42 Å². The molecule has 5 heteroatoms. The lowest BCUT2D eigenvalue weighted by molar-refractivity contribution is 0.178. The molecule has 0 saturated carbocycles. The quantitative estimate of drug-likeness (QED) is 0.685. The van der Waals surface area contributed by atoms with Crippen LogP contribution in [0.2, 0.25) is 0 Å². The van der Waals surface area contributed by atoms with E-state index < -0.39 is 6.10 Å². The average Bonchev–Trinajstić information content (AvgIpc) is 2.64. The minimum Gasteiger partial charge on any atom is -0.388 e. The van der Waals surface area contributed by atoms with E-state index in [-0.39, 0.29) is 0 Å². The second kappa shape index (κ2) is 5.97. The van der Waals surface area contributed by atoms with E-state index in [1.165, 1.54) is 0 Å². The molecule has 0 aliphatic heterocycles. The van der Waals surface area contributed by atoms with Crippen molar-refractivity contribution in [3.8, 4) is 0 Å². The minimum absolute atomic E-state index is 0.493. The number of halogens is 3. The van der Waals surface area contributed by atoms with Gasteiger partial charge in [-0.25, -0.2) is 0 Å². The van der Waals surface area contributed by atoms with Crippen LogP contribution in [0.25, 0.3) is 0 Å². The monoisotopic (exact) mass is 438 g/mol. The molecule has 1 atom stereocenters. The van der Waals surface area contributed by atoms with Crippen molar-refractivity contribution in [2.24, 2.45) is 0 Å². The maximum absolute atomic E-state index is 10.2. The molecule has 0 aliphatic carbocycles. The van der Waals surface area contributed by atoms with E-state index >= 15 is 0 Å². The van der Waals surface area contributed by atoms with Gasteiger partial charge in [-0.2, -0.15) is 0 Å². The maximum atomic E-state index is 10.2. The molecular formula is C12H9Br3OS. The Balaban J connectivity index is 2.20. The van der Waals surface area contributed by atoms with Crippen molar-refractivity contribution in [2.75, 3.05) is 0 Å². The summed E-state index contributed by atoms with van der Waals surface area (Å²) >= 11 is 12.0. The lowest BCUT2D eigenvalue weighted by Gasteiger charge is -2.12. The number of thiophene rings is 1. The van der Waals surface area contributed by atoms with Crippen molar-refractivity contribution in [1.82, 2.24) is 0 Å². The van der Waals surface area contributed by atoms with E-state index in [0.717, 1.165) is 23.9 Å². The van der Waals surface area contributed by atoms with Crippen molar-refractivity contribution in [1.29, 1.82) is 0 Å². The van der Waals surface area contributed by atoms with Crippen molar-refractivity contribution >= 4 is 59.1 Å². The highest BCUT2D eigenvalue weighted by molar-refractivity contribution is 9.11. The Morgan fingerprint density at radius 3 is 2.47 bits per heavy atom. The molecule has 0 radical (unpaired) electrons. The lowest BCUT2D eigenvalue weighted by Crippen LogP contribution is -2.01. The van der Waals surface area contributed by atoms with Crippen LogP contribution in [0.4, 0.5) is 0 Å². The summed E-state index contributed by atoms with van der Waals surface area (Å²) < 4.78 is 2.99. The summed E-state index contributed by atoms with van der Waals surface area (Å²) in [7, 11) is 0. The fraction of sp³-hybridized carbons (Fsp3) is 0.167. The number of hydrogen-bond acceptors (Lipinski definition) is 2. The molecule has 1 heterocycles. The molecule has 1 nitrogen and oxygen atoms in total. The predicted molar refractivity (Wildman–Crippen MR) is 82.5 cm³/mol. The summed E-state index contributed by atoms with van der Waals surface area (Å²) in [5.41, 5.74) is 0.911. The van der Waals surface area contributed by atoms with Gasteiger partial charge in [0.05, 0.1) is 6.10 Å². The zero-order chi connectivity index (χ0) is 12.4. The topological polar surface area (TPSA) is 20.2 Å².